The van der Waals surface area contributed by atoms with Crippen molar-refractivity contribution < 1.29 is 40.0 Å². The molecule has 2 aromatic carbocycles. The first kappa shape index (κ1) is 23.4. The fourth-order valence-corrected chi connectivity index (χ4v) is 3.39. The minimum Gasteiger partial charge on any atom is -0.496 e. The van der Waals surface area contributed by atoms with Gasteiger partial charge in [0.05, 0.1) is 12.7 Å². The van der Waals surface area contributed by atoms with Crippen LogP contribution in [0.5, 0.6) is 17.2 Å². The first-order valence-corrected chi connectivity index (χ1v) is 10.7. The van der Waals surface area contributed by atoms with Gasteiger partial charge in [0.1, 0.15) is 22.7 Å². The summed E-state index contributed by atoms with van der Waals surface area (Å²) in [5, 5.41) is 0. The molecule has 0 N–H and O–H groups in total. The predicted octanol–water partition coefficient (Wildman–Crippen LogP) is 5.00. The molecule has 1 heterocycles. The molecule has 0 saturated heterocycles. The molecule has 0 atom stereocenters. The van der Waals surface area contributed by atoms with Gasteiger partial charge in [0.2, 0.25) is 0 Å². The standard InChI is InChI=1S/C22H19F3O6S/c1-21(2)12-11-15-17(31-32(27,28)22(23,24)25)13-18(29-3)19(20(15)30-21)16(26)10-9-14-7-5-4-6-8-14/h4-13H,1-3H3/b10-9+. The smallest absolute Gasteiger partial charge is 0.496 e. The summed E-state index contributed by atoms with van der Waals surface area (Å²) < 4.78 is 77.1. The van der Waals surface area contributed by atoms with E-state index in [2.05, 4.69) is 4.18 Å². The minimum atomic E-state index is -5.96. The summed E-state index contributed by atoms with van der Waals surface area (Å²) in [6.07, 6.45) is 5.66. The van der Waals surface area contributed by atoms with E-state index in [0.717, 1.165) is 11.6 Å². The topological polar surface area (TPSA) is 78.9 Å². The Labute approximate surface area is 183 Å². The molecular formula is C22H19F3O6S. The van der Waals surface area contributed by atoms with Gasteiger partial charge in [0.15, 0.2) is 11.5 Å². The molecule has 0 unspecified atom stereocenters. The first-order chi connectivity index (χ1) is 14.8. The van der Waals surface area contributed by atoms with Gasteiger partial charge in [0.25, 0.3) is 0 Å². The molecule has 3 rings (SSSR count). The van der Waals surface area contributed by atoms with Gasteiger partial charge in [-0.25, -0.2) is 0 Å². The number of hydrogen-bond donors (Lipinski definition) is 0. The van der Waals surface area contributed by atoms with E-state index in [-0.39, 0.29) is 22.6 Å². The van der Waals surface area contributed by atoms with Crippen molar-refractivity contribution in [2.24, 2.45) is 0 Å². The molecule has 10 heteroatoms. The van der Waals surface area contributed by atoms with Crippen LogP contribution in [-0.4, -0.2) is 32.4 Å². The van der Waals surface area contributed by atoms with Crippen molar-refractivity contribution in [1.82, 2.24) is 0 Å². The Hall–Kier alpha value is -3.27. The highest BCUT2D eigenvalue weighted by atomic mass is 32.2. The lowest BCUT2D eigenvalue weighted by atomic mass is 9.96. The molecule has 32 heavy (non-hydrogen) atoms. The monoisotopic (exact) mass is 468 g/mol. The zero-order valence-electron chi connectivity index (χ0n) is 17.3. The van der Waals surface area contributed by atoms with Crippen LogP contribution in [0.4, 0.5) is 13.2 Å². The molecule has 1 aliphatic heterocycles. The highest BCUT2D eigenvalue weighted by Crippen LogP contribution is 2.46. The maximum atomic E-state index is 13.0. The molecule has 0 amide bonds. The molecule has 2 aromatic rings. The van der Waals surface area contributed by atoms with Crippen LogP contribution < -0.4 is 13.7 Å². The van der Waals surface area contributed by atoms with Gasteiger partial charge < -0.3 is 13.7 Å². The number of alkyl halides is 3. The van der Waals surface area contributed by atoms with E-state index in [0.29, 0.717) is 0 Å². The first-order valence-electron chi connectivity index (χ1n) is 9.26. The lowest BCUT2D eigenvalue weighted by Gasteiger charge is -2.30. The zero-order chi connectivity index (χ0) is 23.7. The number of ether oxygens (including phenoxy) is 2. The molecule has 1 aliphatic rings. The Bertz CT molecular complexity index is 1200. The number of rotatable bonds is 6. The summed E-state index contributed by atoms with van der Waals surface area (Å²) in [5.74, 6) is -1.58. The molecule has 6 nitrogen and oxygen atoms in total. The van der Waals surface area contributed by atoms with Crippen LogP contribution in [0.1, 0.15) is 35.3 Å². The third-order valence-electron chi connectivity index (χ3n) is 4.44. The molecular weight excluding hydrogens is 449 g/mol. The zero-order valence-corrected chi connectivity index (χ0v) is 18.1. The molecule has 0 fully saturated rings. The van der Waals surface area contributed by atoms with Gasteiger partial charge in [-0.1, -0.05) is 36.4 Å². The van der Waals surface area contributed by atoms with E-state index in [1.165, 1.54) is 25.3 Å². The average Bonchev–Trinajstić information content (AvgIpc) is 2.70. The highest BCUT2D eigenvalue weighted by Gasteiger charge is 2.49. The van der Waals surface area contributed by atoms with Gasteiger partial charge in [-0.3, -0.25) is 4.79 Å². The number of ketones is 1. The Balaban J connectivity index is 2.16. The summed E-state index contributed by atoms with van der Waals surface area (Å²) in [4.78, 5) is 13.0. The number of hydrogen-bond acceptors (Lipinski definition) is 6. The van der Waals surface area contributed by atoms with Crippen molar-refractivity contribution in [3.8, 4) is 17.2 Å². The van der Waals surface area contributed by atoms with Crippen LogP contribution in [0.3, 0.4) is 0 Å². The molecule has 0 radical (unpaired) electrons. The predicted molar refractivity (Wildman–Crippen MR) is 112 cm³/mol. The quantitative estimate of drug-likeness (QED) is 0.257. The lowest BCUT2D eigenvalue weighted by Crippen LogP contribution is -2.30. The van der Waals surface area contributed by atoms with Crippen molar-refractivity contribution in [3.05, 3.63) is 65.2 Å². The molecule has 0 spiro atoms. The summed E-state index contributed by atoms with van der Waals surface area (Å²) >= 11 is 0. The molecule has 170 valence electrons. The Morgan fingerprint density at radius 2 is 1.78 bits per heavy atom. The second-order valence-corrected chi connectivity index (χ2v) is 8.86. The van der Waals surface area contributed by atoms with Gasteiger partial charge >= 0.3 is 15.6 Å². The number of halogens is 3. The summed E-state index contributed by atoms with van der Waals surface area (Å²) in [5.41, 5.74) is -6.04. The number of allylic oxidation sites excluding steroid dienone is 1. The summed E-state index contributed by atoms with van der Waals surface area (Å²) in [6.45, 7) is 3.32. The largest absolute Gasteiger partial charge is 0.534 e. The number of carbonyl (C=O) groups excluding carboxylic acids is 1. The van der Waals surface area contributed by atoms with Gasteiger partial charge in [-0.05, 0) is 37.6 Å². The highest BCUT2D eigenvalue weighted by molar-refractivity contribution is 7.88. The minimum absolute atomic E-state index is 0.0798. The number of benzene rings is 2. The number of methoxy groups -OCH3 is 1. The van der Waals surface area contributed by atoms with Gasteiger partial charge in [-0.2, -0.15) is 21.6 Å². The Morgan fingerprint density at radius 1 is 1.12 bits per heavy atom. The summed E-state index contributed by atoms with van der Waals surface area (Å²) in [6, 6.07) is 9.86. The van der Waals surface area contributed by atoms with Crippen LogP contribution >= 0.6 is 0 Å². The average molecular weight is 468 g/mol. The van der Waals surface area contributed by atoms with E-state index in [1.807, 2.05) is 6.07 Å². The maximum Gasteiger partial charge on any atom is 0.534 e. The molecule has 0 saturated carbocycles. The number of carbonyl (C=O) groups is 1. The van der Waals surface area contributed by atoms with E-state index in [1.54, 1.807) is 44.2 Å². The Kier molecular flexibility index (Phi) is 6.10. The fraction of sp³-hybridized carbons (Fsp3) is 0.227. The van der Waals surface area contributed by atoms with E-state index in [9.17, 15) is 26.4 Å². The fourth-order valence-electron chi connectivity index (χ4n) is 2.92. The SMILES string of the molecule is COc1cc(OS(=O)(=O)C(F)(F)F)c2c(c1C(=O)/C=C/c1ccccc1)OC(C)(C)C=C2. The third kappa shape index (κ3) is 4.80. The van der Waals surface area contributed by atoms with Crippen molar-refractivity contribution in [2.45, 2.75) is 25.0 Å². The summed E-state index contributed by atoms with van der Waals surface area (Å²) in [7, 11) is -4.78. The van der Waals surface area contributed by atoms with Gasteiger partial charge in [0, 0.05) is 6.07 Å². The van der Waals surface area contributed by atoms with Crippen molar-refractivity contribution in [1.29, 1.82) is 0 Å². The third-order valence-corrected chi connectivity index (χ3v) is 5.40. The van der Waals surface area contributed by atoms with E-state index < -0.39 is 32.8 Å². The molecule has 0 aromatic heterocycles. The van der Waals surface area contributed by atoms with E-state index >= 15 is 0 Å². The van der Waals surface area contributed by atoms with Crippen LogP contribution in [-0.2, 0) is 10.1 Å². The maximum absolute atomic E-state index is 13.0. The normalized spacial score (nSPS) is 15.2. The van der Waals surface area contributed by atoms with Crippen LogP contribution in [0.2, 0.25) is 0 Å². The van der Waals surface area contributed by atoms with Crippen LogP contribution in [0, 0.1) is 0 Å². The molecule has 0 bridgehead atoms. The van der Waals surface area contributed by atoms with Crippen LogP contribution in [0.15, 0.2) is 48.6 Å². The Morgan fingerprint density at radius 3 is 2.38 bits per heavy atom. The second kappa shape index (κ2) is 8.34. The van der Waals surface area contributed by atoms with Crippen molar-refractivity contribution in [2.75, 3.05) is 7.11 Å². The lowest BCUT2D eigenvalue weighted by molar-refractivity contribution is -0.0500. The second-order valence-electron chi connectivity index (χ2n) is 7.33. The van der Waals surface area contributed by atoms with Gasteiger partial charge in [-0.15, -0.1) is 0 Å². The van der Waals surface area contributed by atoms with Crippen molar-refractivity contribution in [3.63, 3.8) is 0 Å². The van der Waals surface area contributed by atoms with Crippen molar-refractivity contribution >= 4 is 28.1 Å². The number of fused-ring (bicyclic) bond motifs is 1. The molecule has 0 aliphatic carbocycles. The van der Waals surface area contributed by atoms with E-state index in [4.69, 9.17) is 9.47 Å². The van der Waals surface area contributed by atoms with Crippen LogP contribution in [0.25, 0.3) is 12.2 Å².